The number of pyridine rings is 1. The van der Waals surface area contributed by atoms with Gasteiger partial charge in [-0.15, -0.1) is 0 Å². The van der Waals surface area contributed by atoms with E-state index in [9.17, 15) is 31.5 Å². The molecule has 0 aromatic carbocycles. The van der Waals surface area contributed by atoms with Crippen molar-refractivity contribution in [2.75, 3.05) is 0 Å². The van der Waals surface area contributed by atoms with Crippen LogP contribution < -0.4 is 10.6 Å². The Labute approximate surface area is 214 Å². The summed E-state index contributed by atoms with van der Waals surface area (Å²) in [7, 11) is 0. The Kier molecular flexibility index (Phi) is 6.78. The first kappa shape index (κ1) is 26.0. The van der Waals surface area contributed by atoms with Crippen molar-refractivity contribution in [1.82, 2.24) is 30.0 Å². The molecule has 2 N–H and O–H groups in total. The van der Waals surface area contributed by atoms with Crippen LogP contribution in [0.3, 0.4) is 0 Å². The Bertz CT molecular complexity index is 1350. The van der Waals surface area contributed by atoms with Crippen LogP contribution in [0.4, 0.5) is 22.0 Å². The number of aromatic nitrogens is 4. The molecule has 1 atom stereocenters. The first-order chi connectivity index (χ1) is 17.9. The summed E-state index contributed by atoms with van der Waals surface area (Å²) in [5.74, 6) is -3.25. The molecular formula is C25H25F5N6O2. The second kappa shape index (κ2) is 9.91. The summed E-state index contributed by atoms with van der Waals surface area (Å²) in [6.45, 7) is 0.0171. The van der Waals surface area contributed by atoms with Crippen molar-refractivity contribution in [3.63, 3.8) is 0 Å². The fraction of sp³-hybridized carbons (Fsp3) is 0.480. The third-order valence-electron chi connectivity index (χ3n) is 6.67. The van der Waals surface area contributed by atoms with Crippen molar-refractivity contribution in [2.24, 2.45) is 11.8 Å². The van der Waals surface area contributed by atoms with Crippen LogP contribution in [0.2, 0.25) is 0 Å². The number of nitrogens with zero attached hydrogens (tertiary/aromatic N) is 4. The number of alkyl halides is 5. The highest BCUT2D eigenvalue weighted by atomic mass is 19.4. The fourth-order valence-corrected chi connectivity index (χ4v) is 4.67. The summed E-state index contributed by atoms with van der Waals surface area (Å²) < 4.78 is 65.7. The van der Waals surface area contributed by atoms with E-state index in [-0.39, 0.29) is 60.8 Å². The summed E-state index contributed by atoms with van der Waals surface area (Å²) in [6.07, 6.45) is 0.269. The molecule has 1 unspecified atom stereocenters. The lowest BCUT2D eigenvalue weighted by molar-refractivity contribution is -0.134. The summed E-state index contributed by atoms with van der Waals surface area (Å²) in [5.41, 5.74) is 0.891. The number of hydrogen-bond donors (Lipinski definition) is 2. The van der Waals surface area contributed by atoms with Gasteiger partial charge in [-0.25, -0.2) is 18.7 Å². The zero-order chi connectivity index (χ0) is 27.1. The van der Waals surface area contributed by atoms with Gasteiger partial charge in [0.1, 0.15) is 0 Å². The van der Waals surface area contributed by atoms with Crippen LogP contribution in [0.5, 0.6) is 0 Å². The molecule has 0 spiro atoms. The maximum Gasteiger partial charge on any atom is 0.394 e. The van der Waals surface area contributed by atoms with E-state index >= 15 is 0 Å². The molecule has 3 aromatic heterocycles. The highest BCUT2D eigenvalue weighted by molar-refractivity contribution is 5.94. The minimum Gasteiger partial charge on any atom is -0.347 e. The fourth-order valence-electron chi connectivity index (χ4n) is 4.67. The van der Waals surface area contributed by atoms with Gasteiger partial charge < -0.3 is 10.6 Å². The third kappa shape index (κ3) is 6.43. The van der Waals surface area contributed by atoms with E-state index in [0.29, 0.717) is 17.2 Å². The molecule has 0 radical (unpaired) electrons. The summed E-state index contributed by atoms with van der Waals surface area (Å²) >= 11 is 0. The van der Waals surface area contributed by atoms with E-state index in [1.54, 1.807) is 22.9 Å². The number of carbonyl (C=O) groups excluding carboxylic acids is 2. The van der Waals surface area contributed by atoms with Gasteiger partial charge >= 0.3 is 6.18 Å². The number of carbonyl (C=O) groups is 2. The number of hydrogen-bond acceptors (Lipinski definition) is 5. The smallest absolute Gasteiger partial charge is 0.347 e. The molecule has 3 heterocycles. The van der Waals surface area contributed by atoms with E-state index < -0.39 is 24.4 Å². The van der Waals surface area contributed by atoms with Gasteiger partial charge in [0.15, 0.2) is 0 Å². The SMILES string of the molecule is O=C(CC1CC(F)(F)C1)NC(c1ccn2cc(CNC(=O)c3ccnc(CC(F)(F)F)c3)nc2n1)C1CC1. The average molecular weight is 537 g/mol. The van der Waals surface area contributed by atoms with E-state index in [0.717, 1.165) is 25.1 Å². The molecule has 2 aliphatic rings. The Balaban J connectivity index is 1.21. The van der Waals surface area contributed by atoms with Crippen molar-refractivity contribution in [1.29, 1.82) is 0 Å². The Morgan fingerprint density at radius 1 is 1.13 bits per heavy atom. The highest BCUT2D eigenvalue weighted by Gasteiger charge is 2.46. The van der Waals surface area contributed by atoms with Gasteiger partial charge in [0.25, 0.3) is 5.91 Å². The number of rotatable bonds is 9. The zero-order valence-electron chi connectivity index (χ0n) is 20.1. The highest BCUT2D eigenvalue weighted by Crippen LogP contribution is 2.45. The zero-order valence-corrected chi connectivity index (χ0v) is 20.1. The van der Waals surface area contributed by atoms with Crippen molar-refractivity contribution in [3.05, 3.63) is 59.4 Å². The first-order valence-electron chi connectivity index (χ1n) is 12.3. The van der Waals surface area contributed by atoms with Gasteiger partial charge in [-0.2, -0.15) is 13.2 Å². The monoisotopic (exact) mass is 536 g/mol. The Morgan fingerprint density at radius 3 is 2.58 bits per heavy atom. The van der Waals surface area contributed by atoms with Crippen LogP contribution in [-0.2, 0) is 17.8 Å². The van der Waals surface area contributed by atoms with Crippen LogP contribution in [-0.4, -0.2) is 43.3 Å². The molecule has 0 bridgehead atoms. The van der Waals surface area contributed by atoms with E-state index in [4.69, 9.17) is 0 Å². The molecule has 0 aliphatic heterocycles. The predicted octanol–water partition coefficient (Wildman–Crippen LogP) is 4.16. The quantitative estimate of drug-likeness (QED) is 0.400. The molecule has 0 saturated heterocycles. The summed E-state index contributed by atoms with van der Waals surface area (Å²) in [5, 5.41) is 5.59. The van der Waals surface area contributed by atoms with Crippen LogP contribution in [0.1, 0.15) is 65.6 Å². The molecule has 8 nitrogen and oxygen atoms in total. The van der Waals surface area contributed by atoms with Gasteiger partial charge in [0, 0.05) is 43.4 Å². The predicted molar refractivity (Wildman–Crippen MR) is 124 cm³/mol. The molecule has 202 valence electrons. The van der Waals surface area contributed by atoms with Crippen molar-refractivity contribution < 1.29 is 31.5 Å². The molecule has 5 rings (SSSR count). The molecule has 3 aromatic rings. The Hall–Kier alpha value is -3.64. The van der Waals surface area contributed by atoms with Gasteiger partial charge in [-0.05, 0) is 42.9 Å². The average Bonchev–Trinajstić information content (AvgIpc) is 3.57. The standard InChI is InChI=1S/C25H25F5N6O2/c26-24(27)9-14(10-24)7-20(37)35-21(15-1-2-15)19-4-6-36-13-18(33-23(36)34-19)12-32-22(38)16-3-5-31-17(8-16)11-25(28,29)30/h3-6,8,13-15,21H,1-2,7,9-12H2,(H,32,38)(H,35,37). The summed E-state index contributed by atoms with van der Waals surface area (Å²) in [6, 6.07) is 3.85. The lowest BCUT2D eigenvalue weighted by Gasteiger charge is -2.34. The van der Waals surface area contributed by atoms with Crippen LogP contribution in [0, 0.1) is 11.8 Å². The van der Waals surface area contributed by atoms with Gasteiger partial charge in [0.05, 0.1) is 36.1 Å². The van der Waals surface area contributed by atoms with Gasteiger partial charge in [0.2, 0.25) is 17.6 Å². The molecule has 2 saturated carbocycles. The largest absolute Gasteiger partial charge is 0.394 e. The lowest BCUT2D eigenvalue weighted by atomic mass is 9.79. The van der Waals surface area contributed by atoms with Gasteiger partial charge in [-0.1, -0.05) is 0 Å². The maximum atomic E-state index is 13.1. The van der Waals surface area contributed by atoms with Crippen molar-refractivity contribution in [2.45, 2.75) is 63.2 Å². The maximum absolute atomic E-state index is 13.1. The van der Waals surface area contributed by atoms with E-state index in [1.807, 2.05) is 0 Å². The minimum atomic E-state index is -4.43. The molecule has 13 heteroatoms. The van der Waals surface area contributed by atoms with Crippen molar-refractivity contribution >= 4 is 17.6 Å². The minimum absolute atomic E-state index is 0.0171. The number of halogens is 5. The number of nitrogens with one attached hydrogen (secondary N) is 2. The first-order valence-corrected chi connectivity index (χ1v) is 12.3. The number of fused-ring (bicyclic) bond motifs is 1. The molecule has 2 amide bonds. The topological polar surface area (TPSA) is 101 Å². The van der Waals surface area contributed by atoms with E-state index in [1.165, 1.54) is 6.07 Å². The summed E-state index contributed by atoms with van der Waals surface area (Å²) in [4.78, 5) is 37.6. The van der Waals surface area contributed by atoms with Gasteiger partial charge in [-0.3, -0.25) is 19.0 Å². The molecule has 2 aliphatic carbocycles. The second-order valence-electron chi connectivity index (χ2n) is 10.0. The van der Waals surface area contributed by atoms with E-state index in [2.05, 4.69) is 25.6 Å². The number of amides is 2. The molecule has 2 fully saturated rings. The molecular weight excluding hydrogens is 511 g/mol. The van der Waals surface area contributed by atoms with Crippen LogP contribution >= 0.6 is 0 Å². The van der Waals surface area contributed by atoms with Crippen LogP contribution in [0.25, 0.3) is 5.78 Å². The molecule has 38 heavy (non-hydrogen) atoms. The van der Waals surface area contributed by atoms with Crippen molar-refractivity contribution in [3.8, 4) is 0 Å². The lowest BCUT2D eigenvalue weighted by Crippen LogP contribution is -2.39. The third-order valence-corrected chi connectivity index (χ3v) is 6.67. The normalized spacial score (nSPS) is 18.1. The second-order valence-corrected chi connectivity index (χ2v) is 10.0. The Morgan fingerprint density at radius 2 is 1.89 bits per heavy atom. The van der Waals surface area contributed by atoms with Crippen LogP contribution in [0.15, 0.2) is 36.8 Å². The number of imidazole rings is 1.